The summed E-state index contributed by atoms with van der Waals surface area (Å²) in [6, 6.07) is 1.64. The van der Waals surface area contributed by atoms with Gasteiger partial charge in [-0.05, 0) is 25.3 Å². The molecule has 0 radical (unpaired) electrons. The largest absolute Gasteiger partial charge is 0.396 e. The number of nitrogens with two attached hydrogens (primary N) is 1. The number of nitro benzene ring substituents is 1. The zero-order valence-electron chi connectivity index (χ0n) is 11.3. The molecule has 1 saturated heterocycles. The number of carbonyl (C=O) groups is 1. The topological polar surface area (TPSA) is 107 Å². The van der Waals surface area contributed by atoms with Crippen molar-refractivity contribution >= 4 is 17.3 Å². The fourth-order valence-electron chi connectivity index (χ4n) is 2.23. The zero-order valence-corrected chi connectivity index (χ0v) is 11.3. The number of nitro groups is 1. The van der Waals surface area contributed by atoms with Gasteiger partial charge < -0.3 is 15.8 Å². The van der Waals surface area contributed by atoms with Gasteiger partial charge >= 0.3 is 0 Å². The number of halogens is 1. The summed E-state index contributed by atoms with van der Waals surface area (Å²) in [5, 5.41) is 13.4. The molecule has 1 atom stereocenters. The molecular weight excluding hydrogens is 281 g/mol. The molecule has 1 aliphatic heterocycles. The van der Waals surface area contributed by atoms with Gasteiger partial charge in [-0.1, -0.05) is 0 Å². The second kappa shape index (κ2) is 6.49. The molecule has 1 heterocycles. The van der Waals surface area contributed by atoms with Crippen LogP contribution in [0.25, 0.3) is 0 Å². The highest BCUT2D eigenvalue weighted by Crippen LogP contribution is 2.24. The monoisotopic (exact) mass is 297 g/mol. The lowest BCUT2D eigenvalue weighted by atomic mass is 10.1. The van der Waals surface area contributed by atoms with E-state index in [9.17, 15) is 19.3 Å². The molecule has 21 heavy (non-hydrogen) atoms. The van der Waals surface area contributed by atoms with E-state index in [0.717, 1.165) is 25.5 Å². The standard InChI is InChI=1S/C13H16FN3O4/c14-10-7-12(17(19)20)9(6-11(10)15)13(18)16-4-3-8-2-1-5-21-8/h6-8H,1-5,15H2,(H,16,18). The summed E-state index contributed by atoms with van der Waals surface area (Å²) in [4.78, 5) is 22.0. The molecule has 0 aromatic heterocycles. The first kappa shape index (κ1) is 15.2. The van der Waals surface area contributed by atoms with Crippen LogP contribution in [0.15, 0.2) is 12.1 Å². The predicted octanol–water partition coefficient (Wildman–Crippen LogP) is 1.61. The first-order chi connectivity index (χ1) is 9.99. The van der Waals surface area contributed by atoms with Crippen LogP contribution >= 0.6 is 0 Å². The number of benzene rings is 1. The number of hydrogen-bond acceptors (Lipinski definition) is 5. The van der Waals surface area contributed by atoms with Crippen LogP contribution in [0.4, 0.5) is 15.8 Å². The number of nitrogen functional groups attached to an aromatic ring is 1. The van der Waals surface area contributed by atoms with Gasteiger partial charge in [0, 0.05) is 13.2 Å². The summed E-state index contributed by atoms with van der Waals surface area (Å²) >= 11 is 0. The number of nitrogens with zero attached hydrogens (tertiary/aromatic N) is 1. The number of nitrogens with one attached hydrogen (secondary N) is 1. The molecule has 1 fully saturated rings. The Kier molecular flexibility index (Phi) is 4.69. The average molecular weight is 297 g/mol. The van der Waals surface area contributed by atoms with Crippen molar-refractivity contribution in [2.75, 3.05) is 18.9 Å². The number of amides is 1. The van der Waals surface area contributed by atoms with Crippen LogP contribution in [-0.4, -0.2) is 30.1 Å². The van der Waals surface area contributed by atoms with Crippen LogP contribution < -0.4 is 11.1 Å². The van der Waals surface area contributed by atoms with Gasteiger partial charge in [-0.15, -0.1) is 0 Å². The third-order valence-corrected chi connectivity index (χ3v) is 3.33. The molecule has 2 rings (SSSR count). The Hall–Kier alpha value is -2.22. The normalized spacial score (nSPS) is 17.7. The van der Waals surface area contributed by atoms with Crippen molar-refractivity contribution in [1.29, 1.82) is 0 Å². The molecule has 0 aliphatic carbocycles. The Labute approximate surface area is 120 Å². The van der Waals surface area contributed by atoms with Crippen LogP contribution in [0.1, 0.15) is 29.6 Å². The quantitative estimate of drug-likeness (QED) is 0.488. The minimum atomic E-state index is -0.919. The van der Waals surface area contributed by atoms with E-state index in [1.807, 2.05) is 0 Å². The maximum Gasteiger partial charge on any atom is 0.285 e. The van der Waals surface area contributed by atoms with Gasteiger partial charge in [0.25, 0.3) is 11.6 Å². The summed E-state index contributed by atoms with van der Waals surface area (Å²) in [6.45, 7) is 1.05. The first-order valence-corrected chi connectivity index (χ1v) is 6.62. The number of hydrogen-bond donors (Lipinski definition) is 2. The van der Waals surface area contributed by atoms with Crippen LogP contribution in [0.2, 0.25) is 0 Å². The van der Waals surface area contributed by atoms with E-state index in [0.29, 0.717) is 19.0 Å². The minimum absolute atomic E-state index is 0.110. The molecule has 8 heteroatoms. The summed E-state index contributed by atoms with van der Waals surface area (Å²) < 4.78 is 18.7. The van der Waals surface area contributed by atoms with Crippen LogP contribution in [-0.2, 0) is 4.74 Å². The van der Waals surface area contributed by atoms with Gasteiger partial charge in [0.2, 0.25) is 0 Å². The summed E-state index contributed by atoms with van der Waals surface area (Å²) in [5.74, 6) is -1.57. The van der Waals surface area contributed by atoms with Gasteiger partial charge in [0.15, 0.2) is 5.82 Å². The molecule has 0 spiro atoms. The second-order valence-corrected chi connectivity index (χ2v) is 4.83. The number of anilines is 1. The van der Waals surface area contributed by atoms with Gasteiger partial charge in [-0.3, -0.25) is 14.9 Å². The lowest BCUT2D eigenvalue weighted by Crippen LogP contribution is -2.27. The lowest BCUT2D eigenvalue weighted by molar-refractivity contribution is -0.385. The average Bonchev–Trinajstić information content (AvgIpc) is 2.94. The summed E-state index contributed by atoms with van der Waals surface area (Å²) in [6.07, 6.45) is 2.69. The van der Waals surface area contributed by atoms with Crippen molar-refractivity contribution in [2.24, 2.45) is 0 Å². The van der Waals surface area contributed by atoms with Crippen molar-refractivity contribution < 1.29 is 18.8 Å². The van der Waals surface area contributed by atoms with Crippen molar-refractivity contribution in [1.82, 2.24) is 5.32 Å². The fraction of sp³-hybridized carbons (Fsp3) is 0.462. The second-order valence-electron chi connectivity index (χ2n) is 4.83. The van der Waals surface area contributed by atoms with Gasteiger partial charge in [0.05, 0.1) is 22.8 Å². The van der Waals surface area contributed by atoms with E-state index in [2.05, 4.69) is 5.32 Å². The van der Waals surface area contributed by atoms with Crippen molar-refractivity contribution in [3.8, 4) is 0 Å². The molecule has 0 saturated carbocycles. The molecule has 1 amide bonds. The Bertz CT molecular complexity index is 559. The van der Waals surface area contributed by atoms with E-state index in [4.69, 9.17) is 10.5 Å². The van der Waals surface area contributed by atoms with Gasteiger partial charge in [0.1, 0.15) is 5.56 Å². The molecule has 1 aliphatic rings. The number of ether oxygens (including phenoxy) is 1. The molecule has 0 bridgehead atoms. The molecule has 1 aromatic carbocycles. The molecule has 114 valence electrons. The first-order valence-electron chi connectivity index (χ1n) is 6.62. The van der Waals surface area contributed by atoms with E-state index >= 15 is 0 Å². The molecule has 1 aromatic rings. The molecule has 1 unspecified atom stereocenters. The molecule has 7 nitrogen and oxygen atoms in total. The van der Waals surface area contributed by atoms with Crippen LogP contribution in [0.5, 0.6) is 0 Å². The number of rotatable bonds is 5. The smallest absolute Gasteiger partial charge is 0.285 e. The SMILES string of the molecule is Nc1cc(C(=O)NCCC2CCCO2)c([N+](=O)[O-])cc1F. The maximum absolute atomic E-state index is 13.3. The number of carbonyl (C=O) groups excluding carboxylic acids is 1. The van der Waals surface area contributed by atoms with Crippen LogP contribution in [0, 0.1) is 15.9 Å². The third-order valence-electron chi connectivity index (χ3n) is 3.33. The lowest BCUT2D eigenvalue weighted by Gasteiger charge is -2.10. The summed E-state index contributed by atoms with van der Waals surface area (Å²) in [5.41, 5.74) is 4.21. The Morgan fingerprint density at radius 2 is 2.33 bits per heavy atom. The van der Waals surface area contributed by atoms with E-state index in [-0.39, 0.29) is 17.4 Å². The Morgan fingerprint density at radius 1 is 1.57 bits per heavy atom. The Morgan fingerprint density at radius 3 is 2.95 bits per heavy atom. The van der Waals surface area contributed by atoms with Crippen molar-refractivity contribution in [2.45, 2.75) is 25.4 Å². The van der Waals surface area contributed by atoms with Gasteiger partial charge in [-0.2, -0.15) is 0 Å². The van der Waals surface area contributed by atoms with E-state index in [1.54, 1.807) is 0 Å². The highest BCUT2D eigenvalue weighted by Gasteiger charge is 2.23. The van der Waals surface area contributed by atoms with E-state index < -0.39 is 22.3 Å². The zero-order chi connectivity index (χ0) is 15.4. The minimum Gasteiger partial charge on any atom is -0.396 e. The highest BCUT2D eigenvalue weighted by atomic mass is 19.1. The van der Waals surface area contributed by atoms with Gasteiger partial charge in [-0.25, -0.2) is 4.39 Å². The van der Waals surface area contributed by atoms with Crippen molar-refractivity contribution in [3.05, 3.63) is 33.6 Å². The maximum atomic E-state index is 13.3. The fourth-order valence-corrected chi connectivity index (χ4v) is 2.23. The van der Waals surface area contributed by atoms with Crippen LogP contribution in [0.3, 0.4) is 0 Å². The third kappa shape index (κ3) is 3.66. The molecular formula is C13H16FN3O4. The molecule has 3 N–H and O–H groups in total. The van der Waals surface area contributed by atoms with E-state index in [1.165, 1.54) is 0 Å². The Balaban J connectivity index is 2.03. The van der Waals surface area contributed by atoms with Crippen molar-refractivity contribution in [3.63, 3.8) is 0 Å². The highest BCUT2D eigenvalue weighted by molar-refractivity contribution is 5.99. The summed E-state index contributed by atoms with van der Waals surface area (Å²) in [7, 11) is 0. The predicted molar refractivity (Wildman–Crippen MR) is 73.4 cm³/mol.